The highest BCUT2D eigenvalue weighted by atomic mass is 16.3. The molecule has 0 heterocycles. The van der Waals surface area contributed by atoms with Crippen molar-refractivity contribution in [1.29, 1.82) is 0 Å². The Hall–Kier alpha value is -0.300. The number of hydrogen-bond acceptors (Lipinski definition) is 1. The lowest BCUT2D eigenvalue weighted by molar-refractivity contribution is -0.0575. The first kappa shape index (κ1) is 22.9. The number of hydrogen-bond donors (Lipinski definition) is 1. The summed E-state index contributed by atoms with van der Waals surface area (Å²) in [7, 11) is 0. The molecule has 0 radical (unpaired) electrons. The number of aliphatic hydroxyl groups excluding tert-OH is 1. The van der Waals surface area contributed by atoms with Crippen LogP contribution in [0.3, 0.4) is 0 Å². The molecule has 30 heavy (non-hydrogen) atoms. The summed E-state index contributed by atoms with van der Waals surface area (Å²) in [6.45, 7) is 15.1. The second-order valence-corrected chi connectivity index (χ2v) is 12.9. The highest BCUT2D eigenvalue weighted by molar-refractivity contribution is 5.25. The van der Waals surface area contributed by atoms with Gasteiger partial charge in [-0.15, -0.1) is 0 Å². The first-order valence-corrected chi connectivity index (χ1v) is 13.6. The van der Waals surface area contributed by atoms with Crippen LogP contribution in [0.4, 0.5) is 0 Å². The third-order valence-corrected chi connectivity index (χ3v) is 11.3. The molecule has 0 aromatic heterocycles. The van der Waals surface area contributed by atoms with Crippen molar-refractivity contribution in [3.05, 3.63) is 11.6 Å². The van der Waals surface area contributed by atoms with Gasteiger partial charge in [-0.05, 0) is 110 Å². The van der Waals surface area contributed by atoms with Crippen LogP contribution in [0, 0.1) is 52.3 Å². The Morgan fingerprint density at radius 2 is 1.77 bits per heavy atom. The highest BCUT2D eigenvalue weighted by Crippen LogP contribution is 2.67. The van der Waals surface area contributed by atoms with Crippen molar-refractivity contribution in [2.75, 3.05) is 0 Å². The second kappa shape index (κ2) is 8.57. The Bertz CT molecular complexity index is 634. The molecular weight excluding hydrogens is 364 g/mol. The smallest absolute Gasteiger partial charge is 0.0577 e. The molecule has 172 valence electrons. The molecule has 0 amide bonds. The van der Waals surface area contributed by atoms with Gasteiger partial charge in [-0.2, -0.15) is 0 Å². The van der Waals surface area contributed by atoms with Crippen LogP contribution in [0.15, 0.2) is 11.6 Å². The van der Waals surface area contributed by atoms with Gasteiger partial charge in [0.1, 0.15) is 0 Å². The summed E-state index contributed by atoms with van der Waals surface area (Å²) in [4.78, 5) is 0. The fourth-order valence-corrected chi connectivity index (χ4v) is 9.30. The maximum Gasteiger partial charge on any atom is 0.0577 e. The Balaban J connectivity index is 1.47. The molecule has 0 aromatic carbocycles. The van der Waals surface area contributed by atoms with E-state index in [4.69, 9.17) is 0 Å². The summed E-state index contributed by atoms with van der Waals surface area (Å²) in [5, 5.41) is 10.2. The number of allylic oxidation sites excluding steroid dienone is 1. The maximum absolute atomic E-state index is 10.2. The van der Waals surface area contributed by atoms with Crippen LogP contribution >= 0.6 is 0 Å². The zero-order valence-electron chi connectivity index (χ0n) is 20.9. The Morgan fingerprint density at radius 3 is 2.47 bits per heavy atom. The van der Waals surface area contributed by atoms with Crippen molar-refractivity contribution in [2.24, 2.45) is 52.3 Å². The molecule has 1 N–H and O–H groups in total. The predicted octanol–water partition coefficient (Wildman–Crippen LogP) is 8.02. The van der Waals surface area contributed by atoms with Crippen molar-refractivity contribution in [3.63, 3.8) is 0 Å². The molecule has 9 atom stereocenters. The van der Waals surface area contributed by atoms with Gasteiger partial charge in [0.15, 0.2) is 0 Å². The van der Waals surface area contributed by atoms with Gasteiger partial charge in [-0.1, -0.05) is 66.0 Å². The zero-order chi connectivity index (χ0) is 21.7. The van der Waals surface area contributed by atoms with E-state index in [1.54, 1.807) is 5.57 Å². The second-order valence-electron chi connectivity index (χ2n) is 12.9. The monoisotopic (exact) mass is 414 g/mol. The van der Waals surface area contributed by atoms with E-state index >= 15 is 0 Å². The van der Waals surface area contributed by atoms with Crippen molar-refractivity contribution in [3.8, 4) is 0 Å². The van der Waals surface area contributed by atoms with E-state index in [0.29, 0.717) is 10.8 Å². The van der Waals surface area contributed by atoms with E-state index < -0.39 is 0 Å². The van der Waals surface area contributed by atoms with Crippen LogP contribution in [-0.4, -0.2) is 11.2 Å². The summed E-state index contributed by atoms with van der Waals surface area (Å²) in [6.07, 6.45) is 17.1. The molecule has 0 aliphatic heterocycles. The van der Waals surface area contributed by atoms with Gasteiger partial charge in [-0.3, -0.25) is 0 Å². The minimum absolute atomic E-state index is 0.0794. The van der Waals surface area contributed by atoms with Gasteiger partial charge in [0.2, 0.25) is 0 Å². The number of aliphatic hydroxyl groups is 1. The van der Waals surface area contributed by atoms with Crippen molar-refractivity contribution >= 4 is 0 Å². The molecule has 4 aliphatic carbocycles. The fraction of sp³-hybridized carbons (Fsp3) is 0.931. The maximum atomic E-state index is 10.2. The fourth-order valence-electron chi connectivity index (χ4n) is 9.30. The van der Waals surface area contributed by atoms with E-state index in [1.165, 1.54) is 57.8 Å². The predicted molar refractivity (Wildman–Crippen MR) is 128 cm³/mol. The molecular formula is C29H50O. The van der Waals surface area contributed by atoms with Gasteiger partial charge in [-0.25, -0.2) is 0 Å². The molecule has 0 saturated heterocycles. The van der Waals surface area contributed by atoms with Crippen LogP contribution < -0.4 is 0 Å². The average Bonchev–Trinajstić information content (AvgIpc) is 3.06. The lowest BCUT2D eigenvalue weighted by atomic mass is 9.47. The topological polar surface area (TPSA) is 20.2 Å². The molecule has 1 heteroatoms. The molecule has 0 unspecified atom stereocenters. The lowest BCUT2D eigenvalue weighted by Crippen LogP contribution is -2.50. The normalized spacial score (nSPS) is 45.3. The van der Waals surface area contributed by atoms with Gasteiger partial charge in [0.25, 0.3) is 0 Å². The molecule has 3 fully saturated rings. The lowest BCUT2D eigenvalue weighted by Gasteiger charge is -2.58. The third-order valence-electron chi connectivity index (χ3n) is 11.3. The van der Waals surface area contributed by atoms with Crippen LogP contribution in [0.25, 0.3) is 0 Å². The van der Waals surface area contributed by atoms with Gasteiger partial charge in [0, 0.05) is 0 Å². The Labute approximate surface area is 187 Å². The van der Waals surface area contributed by atoms with E-state index in [9.17, 15) is 5.11 Å². The van der Waals surface area contributed by atoms with Gasteiger partial charge < -0.3 is 5.11 Å². The van der Waals surface area contributed by atoms with Crippen molar-refractivity contribution in [2.45, 2.75) is 118 Å². The molecule has 0 bridgehead atoms. The zero-order valence-corrected chi connectivity index (χ0v) is 20.9. The number of fused-ring (bicyclic) bond motifs is 5. The summed E-state index contributed by atoms with van der Waals surface area (Å²) in [5.74, 6) is 6.31. The van der Waals surface area contributed by atoms with Gasteiger partial charge >= 0.3 is 0 Å². The summed E-state index contributed by atoms with van der Waals surface area (Å²) in [5.41, 5.74) is 2.59. The first-order valence-electron chi connectivity index (χ1n) is 13.6. The largest absolute Gasteiger partial charge is 0.393 e. The Morgan fingerprint density at radius 1 is 1.00 bits per heavy atom. The SMILES string of the molecule is CC[C@@H](CC[C@@H](C)[C@H]1CC[C@H]2[C@@H]3CC=C4C[C@H](O)CC[C@]4(C)[C@@H]3CC[C@]12C)C(C)C. The quantitative estimate of drug-likeness (QED) is 0.436. The average molecular weight is 415 g/mol. The van der Waals surface area contributed by atoms with E-state index in [2.05, 4.69) is 47.6 Å². The van der Waals surface area contributed by atoms with E-state index in [0.717, 1.165) is 54.3 Å². The standard InChI is InChI=1S/C29H50O/c1-7-21(19(2)3)9-8-20(4)25-12-13-26-24-11-10-22-18-23(30)14-16-28(22,5)27(24)15-17-29(25,26)6/h10,19-21,23-27,30H,7-9,11-18H2,1-6H3/t20-,21+,23-,24+,25-,26+,27-,28+,29-/m1/s1. The van der Waals surface area contributed by atoms with Crippen LogP contribution in [-0.2, 0) is 0 Å². The van der Waals surface area contributed by atoms with Crippen LogP contribution in [0.2, 0.25) is 0 Å². The summed E-state index contributed by atoms with van der Waals surface area (Å²) in [6, 6.07) is 0. The third kappa shape index (κ3) is 3.74. The molecule has 3 saturated carbocycles. The van der Waals surface area contributed by atoms with E-state index in [1.807, 2.05) is 0 Å². The molecule has 1 nitrogen and oxygen atoms in total. The Kier molecular flexibility index (Phi) is 6.53. The van der Waals surface area contributed by atoms with Crippen LogP contribution in [0.1, 0.15) is 112 Å². The number of rotatable bonds is 6. The minimum atomic E-state index is -0.0794. The summed E-state index contributed by atoms with van der Waals surface area (Å²) >= 11 is 0. The summed E-state index contributed by atoms with van der Waals surface area (Å²) < 4.78 is 0. The van der Waals surface area contributed by atoms with Crippen LogP contribution in [0.5, 0.6) is 0 Å². The molecule has 4 rings (SSSR count). The minimum Gasteiger partial charge on any atom is -0.393 e. The van der Waals surface area contributed by atoms with E-state index in [-0.39, 0.29) is 6.10 Å². The molecule has 0 spiro atoms. The van der Waals surface area contributed by atoms with Crippen molar-refractivity contribution < 1.29 is 5.11 Å². The highest BCUT2D eigenvalue weighted by Gasteiger charge is 2.59. The van der Waals surface area contributed by atoms with Crippen molar-refractivity contribution in [1.82, 2.24) is 0 Å². The first-order chi connectivity index (χ1) is 14.2. The molecule has 4 aliphatic rings. The van der Waals surface area contributed by atoms with Gasteiger partial charge in [0.05, 0.1) is 6.10 Å². The molecule has 0 aromatic rings.